The van der Waals surface area contributed by atoms with Crippen molar-refractivity contribution < 1.29 is 19.1 Å². The van der Waals surface area contributed by atoms with Gasteiger partial charge in [-0.05, 0) is 44.7 Å². The Bertz CT molecular complexity index is 597. The first-order chi connectivity index (χ1) is 13.6. The van der Waals surface area contributed by atoms with Gasteiger partial charge in [-0.2, -0.15) is 0 Å². The number of nitrogens with zero attached hydrogens (tertiary/aromatic N) is 1. The van der Waals surface area contributed by atoms with Crippen LogP contribution in [0.25, 0.3) is 0 Å². The second-order valence-electron chi connectivity index (χ2n) is 7.10. The van der Waals surface area contributed by atoms with E-state index in [0.717, 1.165) is 12.8 Å². The van der Waals surface area contributed by atoms with E-state index in [1.54, 1.807) is 6.20 Å². The van der Waals surface area contributed by atoms with Crippen LogP contribution in [-0.4, -0.2) is 43.1 Å². The minimum Gasteiger partial charge on any atom is -0.349 e. The maximum atomic E-state index is 12.3. The quantitative estimate of drug-likeness (QED) is 0.566. The molecule has 0 unspecified atom stereocenters. The van der Waals surface area contributed by atoms with Gasteiger partial charge in [0.25, 0.3) is 0 Å². The molecule has 0 aromatic carbocycles. The van der Waals surface area contributed by atoms with Crippen LogP contribution >= 0.6 is 0 Å². The van der Waals surface area contributed by atoms with Gasteiger partial charge in [0, 0.05) is 25.8 Å². The molecule has 0 saturated heterocycles. The Labute approximate surface area is 167 Å². The zero-order chi connectivity index (χ0) is 20.2. The minimum atomic E-state index is -1.15. The molecular formula is C21H33N3O4. The molecule has 1 aliphatic rings. The van der Waals surface area contributed by atoms with Crippen molar-refractivity contribution in [2.75, 3.05) is 26.3 Å². The monoisotopic (exact) mass is 391 g/mol. The van der Waals surface area contributed by atoms with Crippen molar-refractivity contribution in [2.24, 2.45) is 5.92 Å². The van der Waals surface area contributed by atoms with Crippen LogP contribution in [0.2, 0.25) is 0 Å². The molecule has 7 heteroatoms. The van der Waals surface area contributed by atoms with Crippen LogP contribution < -0.4 is 10.6 Å². The molecular weight excluding hydrogens is 358 g/mol. The summed E-state index contributed by atoms with van der Waals surface area (Å²) in [6.07, 6.45) is 8.03. The molecule has 0 spiro atoms. The van der Waals surface area contributed by atoms with E-state index < -0.39 is 5.79 Å². The topological polar surface area (TPSA) is 89.6 Å². The van der Waals surface area contributed by atoms with Gasteiger partial charge < -0.3 is 20.1 Å². The molecule has 1 heterocycles. The number of amides is 2. The molecule has 2 amide bonds. The summed E-state index contributed by atoms with van der Waals surface area (Å²) in [5, 5.41) is 5.53. The lowest BCUT2D eigenvalue weighted by Gasteiger charge is -2.32. The number of hydrogen-bond donors (Lipinski definition) is 2. The van der Waals surface area contributed by atoms with Crippen molar-refractivity contribution in [2.45, 2.75) is 58.2 Å². The highest BCUT2D eigenvalue weighted by Gasteiger charge is 2.36. The second-order valence-corrected chi connectivity index (χ2v) is 7.10. The third-order valence-corrected chi connectivity index (χ3v) is 4.97. The van der Waals surface area contributed by atoms with Gasteiger partial charge in [-0.3, -0.25) is 14.6 Å². The molecule has 1 saturated carbocycles. The summed E-state index contributed by atoms with van der Waals surface area (Å²) in [5.74, 6) is -1.04. The summed E-state index contributed by atoms with van der Waals surface area (Å²) in [6, 6.07) is 5.47. The first kappa shape index (κ1) is 22.3. The maximum absolute atomic E-state index is 12.3. The van der Waals surface area contributed by atoms with Gasteiger partial charge in [-0.1, -0.05) is 25.3 Å². The SMILES string of the molecule is CCOC(CNC(=O)CNC(=O)CC1CCCCC1)(OCC)c1ccccn1. The summed E-state index contributed by atoms with van der Waals surface area (Å²) in [5.41, 5.74) is 0.598. The standard InChI is InChI=1S/C21H33N3O4/c1-3-27-21(28-4-2,18-12-8-9-13-22-18)16-24-20(26)15-23-19(25)14-17-10-6-5-7-11-17/h8-9,12-13,17H,3-7,10-11,14-16H2,1-2H3,(H,23,25)(H,24,26). The molecule has 2 N–H and O–H groups in total. The average molecular weight is 392 g/mol. The summed E-state index contributed by atoms with van der Waals surface area (Å²) in [4.78, 5) is 28.7. The lowest BCUT2D eigenvalue weighted by molar-refractivity contribution is -0.241. The van der Waals surface area contributed by atoms with Gasteiger partial charge in [0.2, 0.25) is 17.6 Å². The van der Waals surface area contributed by atoms with E-state index >= 15 is 0 Å². The minimum absolute atomic E-state index is 0.0535. The van der Waals surface area contributed by atoms with Crippen molar-refractivity contribution >= 4 is 11.8 Å². The van der Waals surface area contributed by atoms with E-state index in [1.807, 2.05) is 32.0 Å². The van der Waals surface area contributed by atoms with E-state index in [0.29, 0.717) is 31.2 Å². The second kappa shape index (κ2) is 11.8. The number of ether oxygens (including phenoxy) is 2. The van der Waals surface area contributed by atoms with Crippen molar-refractivity contribution in [3.05, 3.63) is 30.1 Å². The van der Waals surface area contributed by atoms with Crippen LogP contribution in [0.15, 0.2) is 24.4 Å². The van der Waals surface area contributed by atoms with Crippen molar-refractivity contribution in [3.8, 4) is 0 Å². The molecule has 0 aliphatic heterocycles. The highest BCUT2D eigenvalue weighted by atomic mass is 16.7. The number of rotatable bonds is 11. The number of carbonyl (C=O) groups is 2. The lowest BCUT2D eigenvalue weighted by atomic mass is 9.87. The third kappa shape index (κ3) is 6.87. The highest BCUT2D eigenvalue weighted by molar-refractivity contribution is 5.84. The number of carbonyl (C=O) groups excluding carboxylic acids is 2. The van der Waals surface area contributed by atoms with E-state index in [9.17, 15) is 9.59 Å². The Morgan fingerprint density at radius 3 is 2.39 bits per heavy atom. The van der Waals surface area contributed by atoms with Crippen LogP contribution in [0.4, 0.5) is 0 Å². The first-order valence-electron chi connectivity index (χ1n) is 10.3. The van der Waals surface area contributed by atoms with Crippen LogP contribution in [0.5, 0.6) is 0 Å². The molecule has 1 aromatic rings. The van der Waals surface area contributed by atoms with Crippen LogP contribution in [0.1, 0.15) is 58.1 Å². The Kier molecular flexibility index (Phi) is 9.37. The molecule has 2 rings (SSSR count). The van der Waals surface area contributed by atoms with Gasteiger partial charge in [0.05, 0.1) is 13.1 Å². The van der Waals surface area contributed by atoms with Gasteiger partial charge >= 0.3 is 0 Å². The Hall–Kier alpha value is -1.99. The average Bonchev–Trinajstić information content (AvgIpc) is 2.72. The summed E-state index contributed by atoms with van der Waals surface area (Å²) in [6.45, 7) is 4.61. The van der Waals surface area contributed by atoms with E-state index in [-0.39, 0.29) is 24.9 Å². The van der Waals surface area contributed by atoms with Crippen molar-refractivity contribution in [1.29, 1.82) is 0 Å². The highest BCUT2D eigenvalue weighted by Crippen LogP contribution is 2.26. The van der Waals surface area contributed by atoms with Crippen molar-refractivity contribution in [3.63, 3.8) is 0 Å². The number of nitrogens with one attached hydrogen (secondary N) is 2. The molecule has 28 heavy (non-hydrogen) atoms. The molecule has 0 bridgehead atoms. The Morgan fingerprint density at radius 2 is 1.79 bits per heavy atom. The van der Waals surface area contributed by atoms with E-state index in [1.165, 1.54) is 19.3 Å². The van der Waals surface area contributed by atoms with E-state index in [2.05, 4.69) is 15.6 Å². The Balaban J connectivity index is 1.85. The molecule has 7 nitrogen and oxygen atoms in total. The normalized spacial score (nSPS) is 15.2. The van der Waals surface area contributed by atoms with Crippen LogP contribution in [0, 0.1) is 5.92 Å². The lowest BCUT2D eigenvalue weighted by Crippen LogP contribution is -2.48. The number of pyridine rings is 1. The summed E-state index contributed by atoms with van der Waals surface area (Å²) >= 11 is 0. The summed E-state index contributed by atoms with van der Waals surface area (Å²) < 4.78 is 11.7. The van der Waals surface area contributed by atoms with Gasteiger partial charge in [-0.15, -0.1) is 0 Å². The van der Waals surface area contributed by atoms with Crippen LogP contribution in [-0.2, 0) is 24.8 Å². The van der Waals surface area contributed by atoms with Gasteiger partial charge in [0.15, 0.2) is 0 Å². The molecule has 0 atom stereocenters. The number of hydrogen-bond acceptors (Lipinski definition) is 5. The fraction of sp³-hybridized carbons (Fsp3) is 0.667. The first-order valence-corrected chi connectivity index (χ1v) is 10.3. The smallest absolute Gasteiger partial charge is 0.239 e. The molecule has 1 fully saturated rings. The summed E-state index contributed by atoms with van der Waals surface area (Å²) in [7, 11) is 0. The van der Waals surface area contributed by atoms with E-state index in [4.69, 9.17) is 9.47 Å². The maximum Gasteiger partial charge on any atom is 0.239 e. The molecule has 156 valence electrons. The van der Waals surface area contributed by atoms with Crippen molar-refractivity contribution in [1.82, 2.24) is 15.6 Å². The van der Waals surface area contributed by atoms with Gasteiger partial charge in [-0.25, -0.2) is 0 Å². The predicted molar refractivity (Wildman–Crippen MR) is 106 cm³/mol. The molecule has 1 aromatic heterocycles. The molecule has 1 aliphatic carbocycles. The van der Waals surface area contributed by atoms with Crippen LogP contribution in [0.3, 0.4) is 0 Å². The Morgan fingerprint density at radius 1 is 1.07 bits per heavy atom. The largest absolute Gasteiger partial charge is 0.349 e. The fourth-order valence-electron chi connectivity index (χ4n) is 3.62. The number of aromatic nitrogens is 1. The predicted octanol–water partition coefficient (Wildman–Crippen LogP) is 2.51. The van der Waals surface area contributed by atoms with Gasteiger partial charge in [0.1, 0.15) is 5.69 Å². The third-order valence-electron chi connectivity index (χ3n) is 4.97. The molecule has 0 radical (unpaired) electrons. The zero-order valence-electron chi connectivity index (χ0n) is 17.0. The zero-order valence-corrected chi connectivity index (χ0v) is 17.0. The fourth-order valence-corrected chi connectivity index (χ4v) is 3.62.